The summed E-state index contributed by atoms with van der Waals surface area (Å²) in [6, 6.07) is 15.6. The van der Waals surface area contributed by atoms with Crippen molar-refractivity contribution in [1.82, 2.24) is 4.90 Å². The summed E-state index contributed by atoms with van der Waals surface area (Å²) < 4.78 is 5.16. The van der Waals surface area contributed by atoms with Crippen LogP contribution in [0.3, 0.4) is 0 Å². The molecule has 0 radical (unpaired) electrons. The number of nitrogens with zero attached hydrogens (tertiary/aromatic N) is 2. The van der Waals surface area contributed by atoms with Crippen molar-refractivity contribution in [3.63, 3.8) is 0 Å². The molecule has 1 heterocycles. The summed E-state index contributed by atoms with van der Waals surface area (Å²) in [6.07, 6.45) is 0. The smallest absolute Gasteiger partial charge is 0.316 e. The highest BCUT2D eigenvalue weighted by atomic mass is 35.5. The highest BCUT2D eigenvalue weighted by molar-refractivity contribution is 8.00. The summed E-state index contributed by atoms with van der Waals surface area (Å²) in [7, 11) is 0. The van der Waals surface area contributed by atoms with E-state index in [0.29, 0.717) is 31.2 Å². The van der Waals surface area contributed by atoms with E-state index in [0.717, 1.165) is 16.1 Å². The highest BCUT2D eigenvalue weighted by Gasteiger charge is 2.23. The number of halogens is 1. The molecule has 2 aromatic rings. The number of piperazine rings is 1. The van der Waals surface area contributed by atoms with Gasteiger partial charge in [0.15, 0.2) is 6.61 Å². The quantitative estimate of drug-likeness (QED) is 0.529. The number of esters is 1. The van der Waals surface area contributed by atoms with E-state index < -0.39 is 0 Å². The molecule has 0 unspecified atom stereocenters. The Hall–Kier alpha value is -2.18. The van der Waals surface area contributed by atoms with Gasteiger partial charge in [0.2, 0.25) is 0 Å². The normalized spacial score (nSPS) is 14.1. The fourth-order valence-electron chi connectivity index (χ4n) is 3.04. The molecule has 28 heavy (non-hydrogen) atoms. The maximum absolute atomic E-state index is 12.3. The van der Waals surface area contributed by atoms with Gasteiger partial charge in [0.05, 0.1) is 16.5 Å². The Morgan fingerprint density at radius 2 is 1.71 bits per heavy atom. The number of thioether (sulfide) groups is 1. The van der Waals surface area contributed by atoms with Crippen LogP contribution in [0, 0.1) is 6.92 Å². The molecule has 1 aliphatic rings. The minimum atomic E-state index is -0.378. The third kappa shape index (κ3) is 5.42. The Morgan fingerprint density at radius 1 is 1.04 bits per heavy atom. The molecule has 148 valence electrons. The van der Waals surface area contributed by atoms with E-state index in [1.165, 1.54) is 11.8 Å². The van der Waals surface area contributed by atoms with Gasteiger partial charge in [-0.15, -0.1) is 11.8 Å². The van der Waals surface area contributed by atoms with Crippen LogP contribution in [-0.4, -0.2) is 55.3 Å². The van der Waals surface area contributed by atoms with Gasteiger partial charge < -0.3 is 14.5 Å². The molecule has 1 aliphatic heterocycles. The van der Waals surface area contributed by atoms with Crippen molar-refractivity contribution in [2.45, 2.75) is 11.8 Å². The lowest BCUT2D eigenvalue weighted by Gasteiger charge is -2.36. The van der Waals surface area contributed by atoms with Crippen molar-refractivity contribution in [1.29, 1.82) is 0 Å². The number of benzene rings is 2. The third-order valence-corrected chi connectivity index (χ3v) is 6.09. The fourth-order valence-corrected chi connectivity index (χ4v) is 4.12. The van der Waals surface area contributed by atoms with E-state index in [4.69, 9.17) is 16.3 Å². The molecule has 2 aromatic carbocycles. The first-order valence-corrected chi connectivity index (χ1v) is 10.5. The van der Waals surface area contributed by atoms with Crippen molar-refractivity contribution < 1.29 is 14.3 Å². The van der Waals surface area contributed by atoms with Crippen LogP contribution < -0.4 is 4.90 Å². The minimum absolute atomic E-state index is 0.159. The Balaban J connectivity index is 1.40. The summed E-state index contributed by atoms with van der Waals surface area (Å²) in [5.41, 5.74) is 2.10. The molecule has 0 bridgehead atoms. The number of carbonyl (C=O) groups excluding carboxylic acids is 2. The average Bonchev–Trinajstić information content (AvgIpc) is 2.72. The van der Waals surface area contributed by atoms with E-state index in [9.17, 15) is 9.59 Å². The zero-order valence-electron chi connectivity index (χ0n) is 15.8. The lowest BCUT2D eigenvalue weighted by molar-refractivity contribution is -0.150. The van der Waals surface area contributed by atoms with E-state index in [2.05, 4.69) is 4.90 Å². The Kier molecular flexibility index (Phi) is 7.23. The van der Waals surface area contributed by atoms with Crippen LogP contribution in [0.5, 0.6) is 0 Å². The molecule has 0 spiro atoms. The van der Waals surface area contributed by atoms with Gasteiger partial charge in [0.25, 0.3) is 5.91 Å². The molecule has 5 nitrogen and oxygen atoms in total. The van der Waals surface area contributed by atoms with E-state index in [1.54, 1.807) is 4.90 Å². The van der Waals surface area contributed by atoms with Crippen molar-refractivity contribution >= 4 is 40.9 Å². The van der Waals surface area contributed by atoms with Crippen LogP contribution in [0.2, 0.25) is 5.02 Å². The predicted octanol–water partition coefficient (Wildman–Crippen LogP) is 3.63. The molecule has 1 saturated heterocycles. The van der Waals surface area contributed by atoms with Crippen molar-refractivity contribution in [2.75, 3.05) is 43.4 Å². The van der Waals surface area contributed by atoms with E-state index >= 15 is 0 Å². The number of para-hydroxylation sites is 1. The molecule has 7 heteroatoms. The minimum Gasteiger partial charge on any atom is -0.455 e. The molecule has 0 aromatic heterocycles. The van der Waals surface area contributed by atoms with Crippen molar-refractivity contribution in [2.24, 2.45) is 0 Å². The van der Waals surface area contributed by atoms with Crippen LogP contribution in [0.1, 0.15) is 5.56 Å². The molecule has 0 atom stereocenters. The molecule has 0 aliphatic carbocycles. The monoisotopic (exact) mass is 418 g/mol. The number of ether oxygens (including phenoxy) is 1. The van der Waals surface area contributed by atoms with Crippen molar-refractivity contribution in [3.8, 4) is 0 Å². The maximum Gasteiger partial charge on any atom is 0.316 e. The predicted molar refractivity (Wildman–Crippen MR) is 113 cm³/mol. The second-order valence-electron chi connectivity index (χ2n) is 6.53. The van der Waals surface area contributed by atoms with Gasteiger partial charge in [-0.25, -0.2) is 0 Å². The number of aryl methyl sites for hydroxylation is 1. The van der Waals surface area contributed by atoms with Crippen LogP contribution in [0.15, 0.2) is 53.4 Å². The van der Waals surface area contributed by atoms with E-state index in [-0.39, 0.29) is 24.2 Å². The standard InChI is InChI=1S/C21H23ClN2O3S/c1-16-6-2-5-9-19(16)28-15-21(26)27-14-20(25)24-12-10-23(11-13-24)18-8-4-3-7-17(18)22/h2-9H,10-15H2,1H3. The molecule has 1 amide bonds. The van der Waals surface area contributed by atoms with Crippen LogP contribution in [0.4, 0.5) is 5.69 Å². The Labute approximate surface area is 174 Å². The molecular weight excluding hydrogens is 396 g/mol. The van der Waals surface area contributed by atoms with Gasteiger partial charge in [-0.1, -0.05) is 41.9 Å². The maximum atomic E-state index is 12.3. The molecular formula is C21H23ClN2O3S. The van der Waals surface area contributed by atoms with Gasteiger partial charge in [-0.2, -0.15) is 0 Å². The van der Waals surface area contributed by atoms with Gasteiger partial charge in [-0.05, 0) is 30.7 Å². The number of rotatable bonds is 6. The topological polar surface area (TPSA) is 49.9 Å². The largest absolute Gasteiger partial charge is 0.455 e. The lowest BCUT2D eigenvalue weighted by Crippen LogP contribution is -2.50. The summed E-state index contributed by atoms with van der Waals surface area (Å²) in [5.74, 6) is -0.345. The van der Waals surface area contributed by atoms with Crippen LogP contribution in [0.25, 0.3) is 0 Å². The van der Waals surface area contributed by atoms with Gasteiger partial charge in [0, 0.05) is 31.1 Å². The number of carbonyl (C=O) groups is 2. The second-order valence-corrected chi connectivity index (χ2v) is 7.96. The SMILES string of the molecule is Cc1ccccc1SCC(=O)OCC(=O)N1CCN(c2ccccc2Cl)CC1. The summed E-state index contributed by atoms with van der Waals surface area (Å²) in [6.45, 7) is 4.36. The first-order valence-electron chi connectivity index (χ1n) is 9.16. The first-order chi connectivity index (χ1) is 13.5. The summed E-state index contributed by atoms with van der Waals surface area (Å²) in [4.78, 5) is 29.2. The summed E-state index contributed by atoms with van der Waals surface area (Å²) >= 11 is 7.67. The zero-order chi connectivity index (χ0) is 19.9. The van der Waals surface area contributed by atoms with Crippen LogP contribution in [-0.2, 0) is 14.3 Å². The number of amides is 1. The first kappa shape index (κ1) is 20.6. The second kappa shape index (κ2) is 9.85. The molecule has 1 fully saturated rings. The van der Waals surface area contributed by atoms with Gasteiger partial charge in [0.1, 0.15) is 0 Å². The molecule has 0 N–H and O–H groups in total. The highest BCUT2D eigenvalue weighted by Crippen LogP contribution is 2.26. The van der Waals surface area contributed by atoms with Crippen LogP contribution >= 0.6 is 23.4 Å². The fraction of sp³-hybridized carbons (Fsp3) is 0.333. The number of hydrogen-bond acceptors (Lipinski definition) is 5. The zero-order valence-corrected chi connectivity index (χ0v) is 17.3. The average molecular weight is 419 g/mol. The van der Waals surface area contributed by atoms with Gasteiger partial charge in [-0.3, -0.25) is 9.59 Å². The van der Waals surface area contributed by atoms with Crippen molar-refractivity contribution in [3.05, 3.63) is 59.1 Å². The molecule has 0 saturated carbocycles. The van der Waals surface area contributed by atoms with Gasteiger partial charge >= 0.3 is 5.97 Å². The van der Waals surface area contributed by atoms with E-state index in [1.807, 2.05) is 55.5 Å². The number of hydrogen-bond donors (Lipinski definition) is 0. The Morgan fingerprint density at radius 3 is 2.43 bits per heavy atom. The summed E-state index contributed by atoms with van der Waals surface area (Å²) in [5, 5.41) is 0.711. The molecule has 3 rings (SSSR count). The number of anilines is 1. The third-order valence-electron chi connectivity index (χ3n) is 4.62. The Bertz CT molecular complexity index is 838. The lowest BCUT2D eigenvalue weighted by atomic mass is 10.2.